The summed E-state index contributed by atoms with van der Waals surface area (Å²) in [6.45, 7) is 2.52. The SMILES string of the molecule is CCc1ccc(N2CC(C(=O)Nc3ccccc3-c3cccs3)CC2=O)cc1. The molecule has 28 heavy (non-hydrogen) atoms. The molecule has 0 aliphatic carbocycles. The number of benzene rings is 2. The zero-order chi connectivity index (χ0) is 19.5. The van der Waals surface area contributed by atoms with E-state index in [0.717, 1.165) is 28.2 Å². The van der Waals surface area contributed by atoms with E-state index in [1.54, 1.807) is 16.2 Å². The van der Waals surface area contributed by atoms with E-state index < -0.39 is 0 Å². The number of nitrogens with one attached hydrogen (secondary N) is 1. The van der Waals surface area contributed by atoms with Gasteiger partial charge in [-0.1, -0.05) is 43.3 Å². The molecule has 1 aliphatic rings. The van der Waals surface area contributed by atoms with Crippen LogP contribution in [0.1, 0.15) is 18.9 Å². The van der Waals surface area contributed by atoms with Crippen molar-refractivity contribution in [1.29, 1.82) is 0 Å². The maximum Gasteiger partial charge on any atom is 0.229 e. The number of amides is 2. The molecule has 1 aliphatic heterocycles. The summed E-state index contributed by atoms with van der Waals surface area (Å²) in [7, 11) is 0. The van der Waals surface area contributed by atoms with E-state index in [1.165, 1.54) is 5.56 Å². The summed E-state index contributed by atoms with van der Waals surface area (Å²) in [5.41, 5.74) is 3.88. The highest BCUT2D eigenvalue weighted by atomic mass is 32.1. The minimum absolute atomic E-state index is 0.00376. The van der Waals surface area contributed by atoms with Crippen molar-refractivity contribution < 1.29 is 9.59 Å². The highest BCUT2D eigenvalue weighted by Crippen LogP contribution is 2.32. The zero-order valence-electron chi connectivity index (χ0n) is 15.7. The average molecular weight is 391 g/mol. The van der Waals surface area contributed by atoms with Crippen molar-refractivity contribution in [3.63, 3.8) is 0 Å². The fraction of sp³-hybridized carbons (Fsp3) is 0.217. The molecule has 1 unspecified atom stereocenters. The van der Waals surface area contributed by atoms with Gasteiger partial charge in [0.05, 0.1) is 5.92 Å². The Morgan fingerprint density at radius 2 is 1.89 bits per heavy atom. The van der Waals surface area contributed by atoms with Crippen LogP contribution in [0, 0.1) is 5.92 Å². The van der Waals surface area contributed by atoms with Crippen LogP contribution in [0.15, 0.2) is 66.0 Å². The molecule has 5 heteroatoms. The molecule has 1 fully saturated rings. The zero-order valence-corrected chi connectivity index (χ0v) is 16.5. The predicted molar refractivity (Wildman–Crippen MR) is 115 cm³/mol. The molecule has 1 N–H and O–H groups in total. The average Bonchev–Trinajstić information content (AvgIpc) is 3.38. The Kier molecular flexibility index (Phi) is 5.26. The Morgan fingerprint density at radius 3 is 2.61 bits per heavy atom. The van der Waals surface area contributed by atoms with E-state index in [4.69, 9.17) is 0 Å². The molecule has 1 atom stereocenters. The van der Waals surface area contributed by atoms with E-state index >= 15 is 0 Å². The Bertz CT molecular complexity index is 980. The molecule has 1 aromatic heterocycles. The van der Waals surface area contributed by atoms with E-state index in [9.17, 15) is 9.59 Å². The summed E-state index contributed by atoms with van der Waals surface area (Å²) in [5.74, 6) is -0.462. The molecule has 0 spiro atoms. The van der Waals surface area contributed by atoms with Crippen LogP contribution in [0.5, 0.6) is 0 Å². The van der Waals surface area contributed by atoms with Crippen molar-refractivity contribution in [2.24, 2.45) is 5.92 Å². The third-order valence-corrected chi connectivity index (χ3v) is 6.03. The lowest BCUT2D eigenvalue weighted by Gasteiger charge is -2.17. The molecule has 142 valence electrons. The number of aryl methyl sites for hydroxylation is 1. The van der Waals surface area contributed by atoms with Gasteiger partial charge in [0.25, 0.3) is 0 Å². The maximum atomic E-state index is 12.9. The molecule has 4 rings (SSSR count). The fourth-order valence-corrected chi connectivity index (χ4v) is 4.28. The second kappa shape index (κ2) is 7.98. The summed E-state index contributed by atoms with van der Waals surface area (Å²) in [4.78, 5) is 28.2. The van der Waals surface area contributed by atoms with Crippen molar-refractivity contribution in [3.05, 3.63) is 71.6 Å². The molecule has 3 aromatic rings. The number of rotatable bonds is 5. The summed E-state index contributed by atoms with van der Waals surface area (Å²) >= 11 is 1.64. The van der Waals surface area contributed by atoms with Gasteiger partial charge in [-0.25, -0.2) is 0 Å². The van der Waals surface area contributed by atoms with Gasteiger partial charge in [0.15, 0.2) is 0 Å². The van der Waals surface area contributed by atoms with Crippen LogP contribution in [0.4, 0.5) is 11.4 Å². The number of anilines is 2. The first-order valence-corrected chi connectivity index (χ1v) is 10.4. The normalized spacial score (nSPS) is 16.4. The van der Waals surface area contributed by atoms with Crippen molar-refractivity contribution in [3.8, 4) is 10.4 Å². The van der Waals surface area contributed by atoms with Gasteiger partial charge in [0, 0.05) is 34.8 Å². The van der Waals surface area contributed by atoms with Gasteiger partial charge < -0.3 is 10.2 Å². The maximum absolute atomic E-state index is 12.9. The van der Waals surface area contributed by atoms with Crippen LogP contribution in [-0.4, -0.2) is 18.4 Å². The molecular weight excluding hydrogens is 368 g/mol. The third-order valence-electron chi connectivity index (χ3n) is 5.12. The largest absolute Gasteiger partial charge is 0.325 e. The molecule has 0 bridgehead atoms. The lowest BCUT2D eigenvalue weighted by atomic mass is 10.1. The van der Waals surface area contributed by atoms with Crippen molar-refractivity contribution in [1.82, 2.24) is 0 Å². The van der Waals surface area contributed by atoms with Crippen LogP contribution in [0.3, 0.4) is 0 Å². The molecule has 0 saturated carbocycles. The Balaban J connectivity index is 1.49. The summed E-state index contributed by atoms with van der Waals surface area (Å²) in [5, 5.41) is 5.06. The van der Waals surface area contributed by atoms with E-state index in [1.807, 2.05) is 66.0 Å². The highest BCUT2D eigenvalue weighted by Gasteiger charge is 2.35. The molecule has 0 radical (unpaired) electrons. The standard InChI is InChI=1S/C23H22N2O2S/c1-2-16-9-11-18(12-10-16)25-15-17(14-22(25)26)23(27)24-20-7-4-3-6-19(20)21-8-5-13-28-21/h3-13,17H,2,14-15H2,1H3,(H,24,27). The van der Waals surface area contributed by atoms with Crippen LogP contribution < -0.4 is 10.2 Å². The van der Waals surface area contributed by atoms with Crippen LogP contribution in [0.2, 0.25) is 0 Å². The molecule has 1 saturated heterocycles. The molecule has 2 aromatic carbocycles. The Labute approximate surface area is 168 Å². The number of carbonyl (C=O) groups is 2. The lowest BCUT2D eigenvalue weighted by molar-refractivity contribution is -0.122. The highest BCUT2D eigenvalue weighted by molar-refractivity contribution is 7.13. The van der Waals surface area contributed by atoms with Gasteiger partial charge in [-0.2, -0.15) is 0 Å². The van der Waals surface area contributed by atoms with Gasteiger partial charge in [-0.15, -0.1) is 11.3 Å². The van der Waals surface area contributed by atoms with Crippen LogP contribution >= 0.6 is 11.3 Å². The Hall–Kier alpha value is -2.92. The first-order chi connectivity index (χ1) is 13.7. The second-order valence-electron chi connectivity index (χ2n) is 6.94. The van der Waals surface area contributed by atoms with E-state index in [0.29, 0.717) is 6.54 Å². The Morgan fingerprint density at radius 1 is 1.11 bits per heavy atom. The number of hydrogen-bond acceptors (Lipinski definition) is 3. The second-order valence-corrected chi connectivity index (χ2v) is 7.89. The van der Waals surface area contributed by atoms with Crippen LogP contribution in [-0.2, 0) is 16.0 Å². The first kappa shape index (κ1) is 18.4. The lowest BCUT2D eigenvalue weighted by Crippen LogP contribution is -2.28. The number of carbonyl (C=O) groups excluding carboxylic acids is 2. The van der Waals surface area contributed by atoms with Gasteiger partial charge in [0.2, 0.25) is 11.8 Å². The monoisotopic (exact) mass is 390 g/mol. The summed E-state index contributed by atoms with van der Waals surface area (Å²) in [6.07, 6.45) is 1.20. The summed E-state index contributed by atoms with van der Waals surface area (Å²) < 4.78 is 0. The van der Waals surface area contributed by atoms with E-state index in [2.05, 4.69) is 12.2 Å². The van der Waals surface area contributed by atoms with E-state index in [-0.39, 0.29) is 24.2 Å². The third kappa shape index (κ3) is 3.71. The number of nitrogens with zero attached hydrogens (tertiary/aromatic N) is 1. The van der Waals surface area contributed by atoms with Gasteiger partial charge in [-0.05, 0) is 41.6 Å². The van der Waals surface area contributed by atoms with Crippen molar-refractivity contribution in [2.75, 3.05) is 16.8 Å². The van der Waals surface area contributed by atoms with Crippen molar-refractivity contribution >= 4 is 34.5 Å². The quantitative estimate of drug-likeness (QED) is 0.669. The molecule has 2 heterocycles. The van der Waals surface area contributed by atoms with Gasteiger partial charge in [-0.3, -0.25) is 9.59 Å². The number of para-hydroxylation sites is 1. The summed E-state index contributed by atoms with van der Waals surface area (Å²) in [6, 6.07) is 19.8. The van der Waals surface area contributed by atoms with Crippen LogP contribution in [0.25, 0.3) is 10.4 Å². The smallest absolute Gasteiger partial charge is 0.229 e. The number of thiophene rings is 1. The minimum atomic E-state index is -0.352. The topological polar surface area (TPSA) is 49.4 Å². The fourth-order valence-electron chi connectivity index (χ4n) is 3.52. The van der Waals surface area contributed by atoms with Gasteiger partial charge >= 0.3 is 0 Å². The van der Waals surface area contributed by atoms with Crippen molar-refractivity contribution in [2.45, 2.75) is 19.8 Å². The molecule has 4 nitrogen and oxygen atoms in total. The van der Waals surface area contributed by atoms with Gasteiger partial charge in [0.1, 0.15) is 0 Å². The first-order valence-electron chi connectivity index (χ1n) is 9.48. The number of hydrogen-bond donors (Lipinski definition) is 1. The minimum Gasteiger partial charge on any atom is -0.325 e. The predicted octanol–water partition coefficient (Wildman–Crippen LogP) is 4.97. The molecule has 2 amide bonds. The molecular formula is C23H22N2O2S.